The molecular weight excluding hydrogens is 280 g/mol. The third kappa shape index (κ3) is 3.36. The van der Waals surface area contributed by atoms with Crippen LogP contribution in [-0.2, 0) is 19.6 Å². The number of aryl methyl sites for hydroxylation is 1. The zero-order valence-electron chi connectivity index (χ0n) is 11.4. The number of benzene rings is 1. The second kappa shape index (κ2) is 5.51. The maximum absolute atomic E-state index is 12.0. The molecule has 20 heavy (non-hydrogen) atoms. The van der Waals surface area contributed by atoms with Gasteiger partial charge in [0.05, 0.1) is 11.0 Å². The van der Waals surface area contributed by atoms with E-state index in [4.69, 9.17) is 9.88 Å². The van der Waals surface area contributed by atoms with E-state index in [0.717, 1.165) is 6.42 Å². The van der Waals surface area contributed by atoms with E-state index in [1.54, 1.807) is 19.1 Å². The van der Waals surface area contributed by atoms with Crippen LogP contribution in [0.4, 0.5) is 5.69 Å². The SMILES string of the molecule is Cc1ccc(NC(=O)C2CCC(C)O2)cc1S(N)(=O)=O. The van der Waals surface area contributed by atoms with Crippen molar-refractivity contribution in [1.82, 2.24) is 0 Å². The fraction of sp³-hybridized carbons (Fsp3) is 0.462. The fourth-order valence-corrected chi connectivity index (χ4v) is 3.01. The normalized spacial score (nSPS) is 22.8. The third-order valence-electron chi connectivity index (χ3n) is 3.29. The van der Waals surface area contributed by atoms with Gasteiger partial charge in [0.2, 0.25) is 10.0 Å². The number of nitrogens with one attached hydrogen (secondary N) is 1. The largest absolute Gasteiger partial charge is 0.365 e. The number of hydrogen-bond donors (Lipinski definition) is 2. The Hall–Kier alpha value is -1.44. The summed E-state index contributed by atoms with van der Waals surface area (Å²) in [4.78, 5) is 12.0. The molecule has 0 spiro atoms. The Kier molecular flexibility index (Phi) is 4.12. The van der Waals surface area contributed by atoms with E-state index in [1.807, 2.05) is 6.92 Å². The molecular formula is C13H18N2O4S. The van der Waals surface area contributed by atoms with E-state index in [-0.39, 0.29) is 16.9 Å². The summed E-state index contributed by atoms with van der Waals surface area (Å²) in [5.41, 5.74) is 0.934. The summed E-state index contributed by atoms with van der Waals surface area (Å²) in [5, 5.41) is 7.79. The Balaban J connectivity index is 2.16. The number of rotatable bonds is 3. The number of sulfonamides is 1. The molecule has 2 atom stereocenters. The van der Waals surface area contributed by atoms with E-state index in [2.05, 4.69) is 5.32 Å². The lowest BCUT2D eigenvalue weighted by Gasteiger charge is -2.13. The number of primary sulfonamides is 1. The van der Waals surface area contributed by atoms with Crippen LogP contribution in [0.25, 0.3) is 0 Å². The van der Waals surface area contributed by atoms with Crippen LogP contribution in [0.2, 0.25) is 0 Å². The van der Waals surface area contributed by atoms with Gasteiger partial charge in [-0.1, -0.05) is 6.07 Å². The lowest BCUT2D eigenvalue weighted by Crippen LogP contribution is -2.27. The van der Waals surface area contributed by atoms with E-state index in [0.29, 0.717) is 17.7 Å². The molecule has 6 nitrogen and oxygen atoms in total. The van der Waals surface area contributed by atoms with Crippen LogP contribution < -0.4 is 10.5 Å². The van der Waals surface area contributed by atoms with Gasteiger partial charge in [-0.25, -0.2) is 13.6 Å². The zero-order valence-corrected chi connectivity index (χ0v) is 12.2. The van der Waals surface area contributed by atoms with Crippen molar-refractivity contribution < 1.29 is 17.9 Å². The first-order valence-electron chi connectivity index (χ1n) is 6.37. The number of ether oxygens (including phenoxy) is 1. The molecule has 2 rings (SSSR count). The number of hydrogen-bond acceptors (Lipinski definition) is 4. The van der Waals surface area contributed by atoms with E-state index in [1.165, 1.54) is 6.07 Å². The van der Waals surface area contributed by atoms with Gasteiger partial charge in [-0.2, -0.15) is 0 Å². The van der Waals surface area contributed by atoms with Crippen molar-refractivity contribution in [3.05, 3.63) is 23.8 Å². The van der Waals surface area contributed by atoms with Crippen LogP contribution in [0.15, 0.2) is 23.1 Å². The summed E-state index contributed by atoms with van der Waals surface area (Å²) in [6, 6.07) is 4.61. The first kappa shape index (κ1) is 15.0. The van der Waals surface area contributed by atoms with Crippen LogP contribution in [0, 0.1) is 6.92 Å². The van der Waals surface area contributed by atoms with Gasteiger partial charge in [0, 0.05) is 5.69 Å². The first-order chi connectivity index (χ1) is 9.27. The molecule has 1 aromatic carbocycles. The highest BCUT2D eigenvalue weighted by Crippen LogP contribution is 2.22. The van der Waals surface area contributed by atoms with Crippen LogP contribution in [0.1, 0.15) is 25.3 Å². The molecule has 0 radical (unpaired) electrons. The quantitative estimate of drug-likeness (QED) is 0.874. The topological polar surface area (TPSA) is 98.5 Å². The Labute approximate surface area is 118 Å². The maximum atomic E-state index is 12.0. The molecule has 1 aromatic rings. The maximum Gasteiger partial charge on any atom is 0.253 e. The van der Waals surface area contributed by atoms with Crippen molar-refractivity contribution in [1.29, 1.82) is 0 Å². The molecule has 7 heteroatoms. The zero-order chi connectivity index (χ0) is 14.9. The second-order valence-corrected chi connectivity index (χ2v) is 6.56. The van der Waals surface area contributed by atoms with Crippen molar-refractivity contribution in [2.45, 2.75) is 43.8 Å². The molecule has 1 heterocycles. The van der Waals surface area contributed by atoms with Gasteiger partial charge in [0.25, 0.3) is 5.91 Å². The average Bonchev–Trinajstić information content (AvgIpc) is 2.77. The van der Waals surface area contributed by atoms with Crippen molar-refractivity contribution >= 4 is 21.6 Å². The van der Waals surface area contributed by atoms with Gasteiger partial charge in [0.15, 0.2) is 0 Å². The highest BCUT2D eigenvalue weighted by molar-refractivity contribution is 7.89. The van der Waals surface area contributed by atoms with Gasteiger partial charge < -0.3 is 10.1 Å². The Morgan fingerprint density at radius 2 is 2.10 bits per heavy atom. The number of carbonyl (C=O) groups excluding carboxylic acids is 1. The molecule has 0 saturated carbocycles. The molecule has 1 aliphatic rings. The van der Waals surface area contributed by atoms with Crippen molar-refractivity contribution in [3.63, 3.8) is 0 Å². The highest BCUT2D eigenvalue weighted by atomic mass is 32.2. The van der Waals surface area contributed by atoms with Crippen molar-refractivity contribution in [3.8, 4) is 0 Å². The van der Waals surface area contributed by atoms with Crippen molar-refractivity contribution in [2.24, 2.45) is 5.14 Å². The molecule has 3 N–H and O–H groups in total. The van der Waals surface area contributed by atoms with Gasteiger partial charge in [-0.05, 0) is 44.4 Å². The molecule has 1 saturated heterocycles. The number of anilines is 1. The van der Waals surface area contributed by atoms with Crippen LogP contribution >= 0.6 is 0 Å². The molecule has 2 unspecified atom stereocenters. The van der Waals surface area contributed by atoms with Crippen LogP contribution in [0.3, 0.4) is 0 Å². The number of amides is 1. The third-order valence-corrected chi connectivity index (χ3v) is 4.34. The van der Waals surface area contributed by atoms with Gasteiger partial charge in [-0.15, -0.1) is 0 Å². The summed E-state index contributed by atoms with van der Waals surface area (Å²) in [6.45, 7) is 3.56. The van der Waals surface area contributed by atoms with Crippen LogP contribution in [0.5, 0.6) is 0 Å². The minimum absolute atomic E-state index is 0.0102. The van der Waals surface area contributed by atoms with E-state index < -0.39 is 16.1 Å². The van der Waals surface area contributed by atoms with Gasteiger partial charge in [-0.3, -0.25) is 4.79 Å². The van der Waals surface area contributed by atoms with Crippen LogP contribution in [-0.4, -0.2) is 26.5 Å². The number of nitrogens with two attached hydrogens (primary N) is 1. The Bertz CT molecular complexity index is 627. The molecule has 1 fully saturated rings. The number of carbonyl (C=O) groups is 1. The Morgan fingerprint density at radius 1 is 1.40 bits per heavy atom. The second-order valence-electron chi connectivity index (χ2n) is 5.03. The minimum Gasteiger partial charge on any atom is -0.365 e. The average molecular weight is 298 g/mol. The lowest BCUT2D eigenvalue weighted by atomic mass is 10.2. The minimum atomic E-state index is -3.80. The smallest absolute Gasteiger partial charge is 0.253 e. The summed E-state index contributed by atoms with van der Waals surface area (Å²) >= 11 is 0. The van der Waals surface area contributed by atoms with Gasteiger partial charge in [0.1, 0.15) is 6.10 Å². The standard InChI is InChI=1S/C13H18N2O4S/c1-8-3-5-10(7-12(8)20(14,17)18)15-13(16)11-6-4-9(2)19-11/h3,5,7,9,11H,4,6H2,1-2H3,(H,15,16)(H2,14,17,18). The summed E-state index contributed by atoms with van der Waals surface area (Å²) in [5.74, 6) is -0.265. The predicted octanol–water partition coefficient (Wildman–Crippen LogP) is 1.15. The molecule has 1 aliphatic heterocycles. The molecule has 0 aromatic heterocycles. The van der Waals surface area contributed by atoms with E-state index >= 15 is 0 Å². The fourth-order valence-electron chi connectivity index (χ4n) is 2.20. The predicted molar refractivity (Wildman–Crippen MR) is 74.8 cm³/mol. The summed E-state index contributed by atoms with van der Waals surface area (Å²) in [7, 11) is -3.80. The summed E-state index contributed by atoms with van der Waals surface area (Å²) in [6.07, 6.45) is 1.10. The Morgan fingerprint density at radius 3 is 2.65 bits per heavy atom. The van der Waals surface area contributed by atoms with Crippen molar-refractivity contribution in [2.75, 3.05) is 5.32 Å². The van der Waals surface area contributed by atoms with E-state index in [9.17, 15) is 13.2 Å². The monoisotopic (exact) mass is 298 g/mol. The molecule has 1 amide bonds. The summed E-state index contributed by atoms with van der Waals surface area (Å²) < 4.78 is 28.3. The lowest BCUT2D eigenvalue weighted by molar-refractivity contribution is -0.126. The molecule has 0 aliphatic carbocycles. The molecule has 110 valence electrons. The first-order valence-corrected chi connectivity index (χ1v) is 7.92. The molecule has 0 bridgehead atoms. The van der Waals surface area contributed by atoms with Gasteiger partial charge >= 0.3 is 0 Å². The highest BCUT2D eigenvalue weighted by Gasteiger charge is 2.28.